The Balaban J connectivity index is 2.20. The number of aromatic nitrogens is 1. The van der Waals surface area contributed by atoms with Crippen LogP contribution in [0.15, 0.2) is 16.0 Å². The number of aryl methyl sites for hydroxylation is 1. The summed E-state index contributed by atoms with van der Waals surface area (Å²) in [5, 5.41) is 8.92. The van der Waals surface area contributed by atoms with Crippen molar-refractivity contribution < 1.29 is 32.3 Å². The second kappa shape index (κ2) is 6.03. The van der Waals surface area contributed by atoms with Gasteiger partial charge in [0.05, 0.1) is 12.1 Å². The molecule has 0 unspecified atom stereocenters. The molecule has 0 bridgehead atoms. The van der Waals surface area contributed by atoms with Gasteiger partial charge in [0.15, 0.2) is 5.69 Å². The van der Waals surface area contributed by atoms with E-state index in [0.29, 0.717) is 11.3 Å². The lowest BCUT2D eigenvalue weighted by atomic mass is 10.2. The summed E-state index contributed by atoms with van der Waals surface area (Å²) in [6, 6.07) is 1.23. The minimum Gasteiger partial charge on any atom is -0.478 e. The van der Waals surface area contributed by atoms with Crippen LogP contribution in [0.4, 0.5) is 13.2 Å². The normalized spacial score (nSPS) is 11.5. The summed E-state index contributed by atoms with van der Waals surface area (Å²) in [5.41, 5.74) is 0.195. The van der Waals surface area contributed by atoms with E-state index in [1.165, 1.54) is 20.0 Å². The molecule has 2 rings (SSSR count). The number of hydrogen-bond acceptors (Lipinski definition) is 5. The van der Waals surface area contributed by atoms with Gasteiger partial charge in [-0.3, -0.25) is 4.79 Å². The maximum absolute atomic E-state index is 12.8. The van der Waals surface area contributed by atoms with Crippen molar-refractivity contribution in [3.63, 3.8) is 0 Å². The summed E-state index contributed by atoms with van der Waals surface area (Å²) >= 11 is 0.334. The van der Waals surface area contributed by atoms with E-state index in [1.54, 1.807) is 0 Å². The molecule has 0 fully saturated rings. The van der Waals surface area contributed by atoms with Gasteiger partial charge in [-0.2, -0.15) is 13.2 Å². The number of hydrogen-bond donors (Lipinski definition) is 1. The van der Waals surface area contributed by atoms with Gasteiger partial charge < -0.3 is 14.4 Å². The van der Waals surface area contributed by atoms with Crippen molar-refractivity contribution >= 4 is 23.2 Å². The maximum atomic E-state index is 12.8. The van der Waals surface area contributed by atoms with Crippen LogP contribution >= 0.6 is 11.3 Å². The van der Waals surface area contributed by atoms with Crippen LogP contribution < -0.4 is 0 Å². The van der Waals surface area contributed by atoms with E-state index in [-0.39, 0.29) is 23.6 Å². The Bertz CT molecular complexity index is 751. The number of nitrogens with zero attached hydrogens (tertiary/aromatic N) is 2. The molecule has 0 aliphatic rings. The summed E-state index contributed by atoms with van der Waals surface area (Å²) in [5.74, 6) is -1.81. The summed E-state index contributed by atoms with van der Waals surface area (Å²) in [7, 11) is 1.28. The molecule has 0 saturated heterocycles. The molecule has 2 aromatic rings. The van der Waals surface area contributed by atoms with Crippen LogP contribution in [0.2, 0.25) is 0 Å². The van der Waals surface area contributed by atoms with Gasteiger partial charge >= 0.3 is 12.1 Å². The van der Waals surface area contributed by atoms with E-state index in [2.05, 4.69) is 4.98 Å². The molecular formula is C13H11F3N2O4S. The largest absolute Gasteiger partial charge is 0.478 e. The average molecular weight is 348 g/mol. The fourth-order valence-electron chi connectivity index (χ4n) is 1.92. The molecule has 0 spiro atoms. The molecule has 1 N–H and O–H groups in total. The Labute approximate surface area is 132 Å². The third-order valence-electron chi connectivity index (χ3n) is 2.97. The number of carbonyl (C=O) groups excluding carboxylic acids is 1. The lowest BCUT2D eigenvalue weighted by Crippen LogP contribution is -2.28. The van der Waals surface area contributed by atoms with Crippen LogP contribution in [0.1, 0.15) is 37.2 Å². The highest BCUT2D eigenvalue weighted by molar-refractivity contribution is 7.10. The average Bonchev–Trinajstić information content (AvgIpc) is 3.03. The van der Waals surface area contributed by atoms with E-state index >= 15 is 0 Å². The Kier molecular flexibility index (Phi) is 4.46. The Hall–Kier alpha value is -2.36. The van der Waals surface area contributed by atoms with E-state index in [4.69, 9.17) is 9.52 Å². The van der Waals surface area contributed by atoms with Gasteiger partial charge in [0.2, 0.25) is 0 Å². The van der Waals surface area contributed by atoms with Crippen molar-refractivity contribution in [1.82, 2.24) is 9.88 Å². The smallest absolute Gasteiger partial charge is 0.427 e. The molecule has 0 aliphatic heterocycles. The highest BCUT2D eigenvalue weighted by atomic mass is 32.1. The van der Waals surface area contributed by atoms with Gasteiger partial charge in [-0.05, 0) is 13.0 Å². The standard InChI is InChI=1S/C13H11F3N2O4S/c1-6-8(12(20)21)3-7(22-6)4-18(2)11(19)9-10(13(14,15)16)23-5-17-9/h3,5H,4H2,1-2H3,(H,20,21). The maximum Gasteiger partial charge on any atom is 0.427 e. The number of carboxylic acid groups (broad SMARTS) is 1. The van der Waals surface area contributed by atoms with Crippen LogP contribution in [0.25, 0.3) is 0 Å². The van der Waals surface area contributed by atoms with Crippen LogP contribution in [-0.4, -0.2) is 33.9 Å². The third-order valence-corrected chi connectivity index (χ3v) is 3.84. The summed E-state index contributed by atoms with van der Waals surface area (Å²) < 4.78 is 43.6. The molecule has 23 heavy (non-hydrogen) atoms. The molecule has 124 valence electrons. The van der Waals surface area contributed by atoms with Crippen LogP contribution in [0, 0.1) is 6.92 Å². The molecule has 10 heteroatoms. The number of aromatic carboxylic acids is 1. The summed E-state index contributed by atoms with van der Waals surface area (Å²) in [6.45, 7) is 1.26. The van der Waals surface area contributed by atoms with Gasteiger partial charge in [-0.25, -0.2) is 9.78 Å². The lowest BCUT2D eigenvalue weighted by Gasteiger charge is -2.15. The zero-order valence-corrected chi connectivity index (χ0v) is 12.8. The number of thiazole rings is 1. The van der Waals surface area contributed by atoms with Crippen molar-refractivity contribution in [2.45, 2.75) is 19.6 Å². The molecule has 2 aromatic heterocycles. The van der Waals surface area contributed by atoms with Crippen molar-refractivity contribution in [3.8, 4) is 0 Å². The molecule has 0 aliphatic carbocycles. The number of alkyl halides is 3. The Morgan fingerprint density at radius 1 is 1.43 bits per heavy atom. The molecule has 1 amide bonds. The fourth-order valence-corrected chi connectivity index (χ4v) is 2.57. The SMILES string of the molecule is Cc1oc(CN(C)C(=O)c2ncsc2C(F)(F)F)cc1C(=O)O. The van der Waals surface area contributed by atoms with Gasteiger partial charge in [-0.15, -0.1) is 11.3 Å². The highest BCUT2D eigenvalue weighted by Crippen LogP contribution is 2.35. The van der Waals surface area contributed by atoms with Gasteiger partial charge in [-0.1, -0.05) is 0 Å². The number of carboxylic acids is 1. The van der Waals surface area contributed by atoms with Crippen molar-refractivity contribution in [3.05, 3.63) is 39.2 Å². The second-order valence-electron chi connectivity index (χ2n) is 4.68. The zero-order valence-electron chi connectivity index (χ0n) is 12.0. The van der Waals surface area contributed by atoms with E-state index in [0.717, 1.165) is 10.4 Å². The van der Waals surface area contributed by atoms with Gasteiger partial charge in [0.25, 0.3) is 5.91 Å². The van der Waals surface area contributed by atoms with Crippen LogP contribution in [0.3, 0.4) is 0 Å². The molecular weight excluding hydrogens is 337 g/mol. The lowest BCUT2D eigenvalue weighted by molar-refractivity contribution is -0.134. The number of amides is 1. The van der Waals surface area contributed by atoms with E-state index in [9.17, 15) is 22.8 Å². The first kappa shape index (κ1) is 17.0. The van der Waals surface area contributed by atoms with Crippen molar-refractivity contribution in [1.29, 1.82) is 0 Å². The quantitative estimate of drug-likeness (QED) is 0.918. The van der Waals surface area contributed by atoms with E-state index in [1.807, 2.05) is 0 Å². The first-order valence-electron chi connectivity index (χ1n) is 6.20. The first-order valence-corrected chi connectivity index (χ1v) is 7.08. The minimum absolute atomic E-state index is 0.0644. The third kappa shape index (κ3) is 3.52. The van der Waals surface area contributed by atoms with Crippen molar-refractivity contribution in [2.75, 3.05) is 7.05 Å². The predicted octanol–water partition coefficient (Wildman–Crippen LogP) is 3.03. The highest BCUT2D eigenvalue weighted by Gasteiger charge is 2.38. The Morgan fingerprint density at radius 3 is 2.61 bits per heavy atom. The number of halogens is 3. The van der Waals surface area contributed by atoms with Gasteiger partial charge in [0, 0.05) is 7.05 Å². The minimum atomic E-state index is -4.66. The van der Waals surface area contributed by atoms with Gasteiger partial charge in [0.1, 0.15) is 22.0 Å². The molecule has 0 saturated carbocycles. The van der Waals surface area contributed by atoms with Crippen LogP contribution in [-0.2, 0) is 12.7 Å². The fraction of sp³-hybridized carbons (Fsp3) is 0.308. The second-order valence-corrected chi connectivity index (χ2v) is 5.53. The molecule has 0 radical (unpaired) electrons. The Morgan fingerprint density at radius 2 is 2.09 bits per heavy atom. The summed E-state index contributed by atoms with van der Waals surface area (Å²) in [6.07, 6.45) is -4.66. The number of rotatable bonds is 4. The van der Waals surface area contributed by atoms with Crippen molar-refractivity contribution in [2.24, 2.45) is 0 Å². The molecule has 0 aromatic carbocycles. The topological polar surface area (TPSA) is 83.6 Å². The monoisotopic (exact) mass is 348 g/mol. The number of carbonyl (C=O) groups is 2. The number of furan rings is 1. The predicted molar refractivity (Wildman–Crippen MR) is 73.3 cm³/mol. The zero-order chi connectivity index (χ0) is 17.4. The molecule has 6 nitrogen and oxygen atoms in total. The molecule has 0 atom stereocenters. The first-order chi connectivity index (χ1) is 10.6. The van der Waals surface area contributed by atoms with E-state index < -0.39 is 28.6 Å². The summed E-state index contributed by atoms with van der Waals surface area (Å²) in [4.78, 5) is 26.4. The molecule has 2 heterocycles. The van der Waals surface area contributed by atoms with Crippen LogP contribution in [0.5, 0.6) is 0 Å².